The molecule has 0 saturated carbocycles. The van der Waals surface area contributed by atoms with Gasteiger partial charge in [0.1, 0.15) is 17.2 Å². The topological polar surface area (TPSA) is 70.4 Å². The molecule has 3 aromatic rings. The summed E-state index contributed by atoms with van der Waals surface area (Å²) < 4.78 is 14.7. The van der Waals surface area contributed by atoms with Gasteiger partial charge in [-0.05, 0) is 30.2 Å². The minimum Gasteiger partial charge on any atom is -0.384 e. The highest BCUT2D eigenvalue weighted by Crippen LogP contribution is 2.21. The number of nitrogens with one attached hydrogen (secondary N) is 1. The molecule has 28 heavy (non-hydrogen) atoms. The third-order valence-electron chi connectivity index (χ3n) is 4.48. The Bertz CT molecular complexity index is 923. The van der Waals surface area contributed by atoms with Gasteiger partial charge < -0.3 is 10.0 Å². The number of carbonyl (C=O) groups excluding carboxylic acids is 1. The molecule has 2 amide bonds. The van der Waals surface area contributed by atoms with E-state index in [-0.39, 0.29) is 18.4 Å². The quantitative estimate of drug-likeness (QED) is 0.686. The molecule has 1 unspecified atom stereocenters. The summed E-state index contributed by atoms with van der Waals surface area (Å²) in [5.41, 5.74) is 0.416. The molecule has 0 fully saturated rings. The zero-order chi connectivity index (χ0) is 20.1. The first-order chi connectivity index (χ1) is 13.3. The van der Waals surface area contributed by atoms with E-state index in [4.69, 9.17) is 0 Å². The number of rotatable bonds is 6. The third kappa shape index (κ3) is 4.75. The maximum Gasteiger partial charge on any atom is 0.322 e. The van der Waals surface area contributed by atoms with Crippen LogP contribution in [0, 0.1) is 5.82 Å². The molecule has 7 heteroatoms. The molecule has 2 aromatic carbocycles. The van der Waals surface area contributed by atoms with Gasteiger partial charge in [-0.2, -0.15) is 5.10 Å². The Balaban J connectivity index is 1.65. The predicted molar refractivity (Wildman–Crippen MR) is 105 cm³/mol. The van der Waals surface area contributed by atoms with E-state index in [1.165, 1.54) is 17.0 Å². The summed E-state index contributed by atoms with van der Waals surface area (Å²) >= 11 is 0. The third-order valence-corrected chi connectivity index (χ3v) is 4.48. The minimum absolute atomic E-state index is 0.120. The second-order valence-electron chi connectivity index (χ2n) is 6.93. The van der Waals surface area contributed by atoms with Crippen molar-refractivity contribution in [1.82, 2.24) is 14.7 Å². The summed E-state index contributed by atoms with van der Waals surface area (Å²) in [6.07, 6.45) is 1.58. The molecule has 2 N–H and O–H groups in total. The Hall–Kier alpha value is -3.19. The highest BCUT2D eigenvalue weighted by atomic mass is 19.1. The zero-order valence-corrected chi connectivity index (χ0v) is 15.8. The lowest BCUT2D eigenvalue weighted by Gasteiger charge is -2.29. The molecule has 1 aromatic heterocycles. The van der Waals surface area contributed by atoms with Crippen molar-refractivity contribution in [2.45, 2.75) is 19.1 Å². The van der Waals surface area contributed by atoms with Crippen molar-refractivity contribution < 1.29 is 14.3 Å². The number of aliphatic hydroxyl groups is 1. The number of anilines is 1. The largest absolute Gasteiger partial charge is 0.384 e. The monoisotopic (exact) mass is 382 g/mol. The first kappa shape index (κ1) is 19.6. The van der Waals surface area contributed by atoms with Crippen LogP contribution in [0.4, 0.5) is 15.0 Å². The lowest BCUT2D eigenvalue weighted by atomic mass is 9.96. The zero-order valence-electron chi connectivity index (χ0n) is 15.8. The van der Waals surface area contributed by atoms with Crippen molar-refractivity contribution in [3.63, 3.8) is 0 Å². The SMILES string of the molecule is CN(CC(C)(O)c1ccccc1)C(=O)Nc1ccnn1Cc1ccc(F)cc1. The molecule has 3 rings (SSSR count). The van der Waals surface area contributed by atoms with Crippen LogP contribution in [0.15, 0.2) is 66.9 Å². The summed E-state index contributed by atoms with van der Waals surface area (Å²) in [5.74, 6) is 0.213. The standard InChI is InChI=1S/C21H23FN4O2/c1-21(28,17-6-4-3-5-7-17)15-25(2)20(27)24-19-12-13-23-26(19)14-16-8-10-18(22)11-9-16/h3-13,28H,14-15H2,1-2H3,(H,24,27). The van der Waals surface area contributed by atoms with Crippen molar-refractivity contribution >= 4 is 11.8 Å². The number of benzene rings is 2. The molecule has 0 spiro atoms. The second kappa shape index (κ2) is 8.22. The van der Waals surface area contributed by atoms with E-state index in [1.54, 1.807) is 43.0 Å². The Morgan fingerprint density at radius 1 is 1.18 bits per heavy atom. The number of nitrogens with zero attached hydrogens (tertiary/aromatic N) is 3. The van der Waals surface area contributed by atoms with E-state index in [2.05, 4.69) is 10.4 Å². The summed E-state index contributed by atoms with van der Waals surface area (Å²) in [5, 5.41) is 17.7. The van der Waals surface area contributed by atoms with Crippen LogP contribution in [0.1, 0.15) is 18.1 Å². The molecule has 1 heterocycles. The van der Waals surface area contributed by atoms with E-state index in [1.807, 2.05) is 30.3 Å². The lowest BCUT2D eigenvalue weighted by molar-refractivity contribution is 0.0337. The minimum atomic E-state index is -1.18. The molecular weight excluding hydrogens is 359 g/mol. The van der Waals surface area contributed by atoms with Crippen LogP contribution in [0.3, 0.4) is 0 Å². The lowest BCUT2D eigenvalue weighted by Crippen LogP contribution is -2.42. The summed E-state index contributed by atoms with van der Waals surface area (Å²) in [6, 6.07) is 16.6. The molecule has 0 aliphatic carbocycles. The summed E-state index contributed by atoms with van der Waals surface area (Å²) in [6.45, 7) is 2.19. The number of urea groups is 1. The fourth-order valence-corrected chi connectivity index (χ4v) is 2.95. The van der Waals surface area contributed by atoms with Crippen LogP contribution in [0.25, 0.3) is 0 Å². The van der Waals surface area contributed by atoms with Gasteiger partial charge in [-0.25, -0.2) is 13.9 Å². The van der Waals surface area contributed by atoms with Gasteiger partial charge in [0.2, 0.25) is 0 Å². The van der Waals surface area contributed by atoms with Gasteiger partial charge in [0.25, 0.3) is 0 Å². The average molecular weight is 382 g/mol. The first-order valence-corrected chi connectivity index (χ1v) is 8.91. The van der Waals surface area contributed by atoms with Crippen LogP contribution < -0.4 is 5.32 Å². The predicted octanol–water partition coefficient (Wildman–Crippen LogP) is 3.44. The highest BCUT2D eigenvalue weighted by molar-refractivity contribution is 5.88. The Kier molecular flexibility index (Phi) is 5.75. The van der Waals surface area contributed by atoms with Crippen LogP contribution >= 0.6 is 0 Å². The van der Waals surface area contributed by atoms with Gasteiger partial charge >= 0.3 is 6.03 Å². The number of likely N-dealkylation sites (N-methyl/N-ethyl adjacent to an activating group) is 1. The van der Waals surface area contributed by atoms with Gasteiger partial charge in [-0.15, -0.1) is 0 Å². The Labute approximate surface area is 163 Å². The van der Waals surface area contributed by atoms with Crippen LogP contribution in [-0.4, -0.2) is 39.4 Å². The second-order valence-corrected chi connectivity index (χ2v) is 6.93. The van der Waals surface area contributed by atoms with E-state index in [9.17, 15) is 14.3 Å². The molecule has 0 aliphatic heterocycles. The number of hydrogen-bond acceptors (Lipinski definition) is 3. The highest BCUT2D eigenvalue weighted by Gasteiger charge is 2.27. The van der Waals surface area contributed by atoms with Crippen molar-refractivity contribution in [3.8, 4) is 0 Å². The summed E-state index contributed by atoms with van der Waals surface area (Å²) in [4.78, 5) is 14.0. The fraction of sp³-hybridized carbons (Fsp3) is 0.238. The van der Waals surface area contributed by atoms with Crippen molar-refractivity contribution in [3.05, 3.63) is 83.8 Å². The van der Waals surface area contributed by atoms with Gasteiger partial charge in [0.05, 0.1) is 19.3 Å². The summed E-state index contributed by atoms with van der Waals surface area (Å²) in [7, 11) is 1.62. The average Bonchev–Trinajstić information content (AvgIpc) is 3.10. The van der Waals surface area contributed by atoms with E-state index in [0.717, 1.165) is 11.1 Å². The smallest absolute Gasteiger partial charge is 0.322 e. The first-order valence-electron chi connectivity index (χ1n) is 8.91. The number of amides is 2. The van der Waals surface area contributed by atoms with Crippen molar-refractivity contribution in [2.75, 3.05) is 18.9 Å². The van der Waals surface area contributed by atoms with E-state index >= 15 is 0 Å². The van der Waals surface area contributed by atoms with Crippen LogP contribution in [-0.2, 0) is 12.1 Å². The van der Waals surface area contributed by atoms with Gasteiger partial charge in [0, 0.05) is 13.1 Å². The molecule has 0 aliphatic rings. The maximum atomic E-state index is 13.1. The molecule has 0 bridgehead atoms. The van der Waals surface area contributed by atoms with Crippen LogP contribution in [0.2, 0.25) is 0 Å². The molecule has 0 radical (unpaired) electrons. The van der Waals surface area contributed by atoms with Crippen molar-refractivity contribution in [1.29, 1.82) is 0 Å². The number of carbonyl (C=O) groups is 1. The fourth-order valence-electron chi connectivity index (χ4n) is 2.95. The number of hydrogen-bond donors (Lipinski definition) is 2. The Morgan fingerprint density at radius 2 is 1.86 bits per heavy atom. The molecular formula is C21H23FN4O2. The Morgan fingerprint density at radius 3 is 2.54 bits per heavy atom. The number of halogens is 1. The van der Waals surface area contributed by atoms with Crippen LogP contribution in [0.5, 0.6) is 0 Å². The van der Waals surface area contributed by atoms with Gasteiger partial charge in [-0.3, -0.25) is 5.32 Å². The van der Waals surface area contributed by atoms with E-state index < -0.39 is 5.60 Å². The maximum absolute atomic E-state index is 13.1. The van der Waals surface area contributed by atoms with E-state index in [0.29, 0.717) is 12.4 Å². The van der Waals surface area contributed by atoms with Gasteiger partial charge in [0.15, 0.2) is 0 Å². The van der Waals surface area contributed by atoms with Crippen molar-refractivity contribution in [2.24, 2.45) is 0 Å². The number of aromatic nitrogens is 2. The molecule has 1 atom stereocenters. The molecule has 0 saturated heterocycles. The van der Waals surface area contributed by atoms with Gasteiger partial charge in [-0.1, -0.05) is 42.5 Å². The molecule has 146 valence electrons. The molecule has 6 nitrogen and oxygen atoms in total. The normalized spacial score (nSPS) is 13.0.